The largest absolute Gasteiger partial charge is 0.508 e. The summed E-state index contributed by atoms with van der Waals surface area (Å²) in [5, 5.41) is 21.5. The first-order valence-electron chi connectivity index (χ1n) is 9.18. The van der Waals surface area contributed by atoms with Gasteiger partial charge in [0.1, 0.15) is 23.0 Å². The molecule has 1 unspecified atom stereocenters. The van der Waals surface area contributed by atoms with Gasteiger partial charge in [0.15, 0.2) is 5.60 Å². The predicted octanol–water partition coefficient (Wildman–Crippen LogP) is 4.82. The van der Waals surface area contributed by atoms with Crippen molar-refractivity contribution >= 4 is 16.7 Å². The van der Waals surface area contributed by atoms with Crippen molar-refractivity contribution in [1.82, 2.24) is 0 Å². The molecule has 0 saturated carbocycles. The lowest BCUT2D eigenvalue weighted by atomic mass is 9.77. The van der Waals surface area contributed by atoms with E-state index in [2.05, 4.69) is 0 Å². The minimum absolute atomic E-state index is 0.0541. The minimum Gasteiger partial charge on any atom is -0.508 e. The summed E-state index contributed by atoms with van der Waals surface area (Å²) in [4.78, 5) is 12.8. The Labute approximate surface area is 165 Å². The number of rotatable bonds is 0. The summed E-state index contributed by atoms with van der Waals surface area (Å²) < 4.78 is 12.2. The van der Waals surface area contributed by atoms with Crippen LogP contribution in [0.5, 0.6) is 23.0 Å². The quantitative estimate of drug-likeness (QED) is 0.427. The van der Waals surface area contributed by atoms with Crippen LogP contribution in [0.4, 0.5) is 0 Å². The fourth-order valence-corrected chi connectivity index (χ4v) is 4.39. The lowest BCUT2D eigenvalue weighted by Crippen LogP contribution is -2.33. The van der Waals surface area contributed by atoms with Crippen molar-refractivity contribution in [2.45, 2.75) is 5.60 Å². The maximum absolute atomic E-state index is 12.8. The van der Waals surface area contributed by atoms with Crippen molar-refractivity contribution in [2.24, 2.45) is 0 Å². The molecule has 5 nitrogen and oxygen atoms in total. The average molecular weight is 382 g/mol. The van der Waals surface area contributed by atoms with Gasteiger partial charge in [0.05, 0.1) is 5.56 Å². The molecule has 0 saturated heterocycles. The molecule has 4 aromatic rings. The molecule has 2 aliphatic rings. The topological polar surface area (TPSA) is 76.0 Å². The van der Waals surface area contributed by atoms with E-state index in [9.17, 15) is 15.0 Å². The SMILES string of the molecule is O=C1OC2(c3ccc(O)cc3Oc3cc4cc(O)ccc4cc32)c2ccccc21. The second-order valence-electron chi connectivity index (χ2n) is 7.28. The van der Waals surface area contributed by atoms with Gasteiger partial charge in [0, 0.05) is 22.8 Å². The van der Waals surface area contributed by atoms with Crippen LogP contribution in [0.15, 0.2) is 72.8 Å². The van der Waals surface area contributed by atoms with Crippen molar-refractivity contribution in [1.29, 1.82) is 0 Å². The molecule has 1 spiro atoms. The molecule has 0 amide bonds. The first-order chi connectivity index (χ1) is 14.1. The van der Waals surface area contributed by atoms with Gasteiger partial charge in [-0.2, -0.15) is 0 Å². The molecule has 0 fully saturated rings. The van der Waals surface area contributed by atoms with Crippen LogP contribution in [0.3, 0.4) is 0 Å². The summed E-state index contributed by atoms with van der Waals surface area (Å²) >= 11 is 0. The van der Waals surface area contributed by atoms with Crippen LogP contribution in [0, 0.1) is 0 Å². The van der Waals surface area contributed by atoms with Crippen molar-refractivity contribution in [3.05, 3.63) is 95.1 Å². The molecule has 0 radical (unpaired) electrons. The number of hydrogen-bond acceptors (Lipinski definition) is 5. The monoisotopic (exact) mass is 382 g/mol. The molecule has 2 aliphatic heterocycles. The molecule has 2 N–H and O–H groups in total. The first kappa shape index (κ1) is 16.0. The molecule has 2 heterocycles. The Morgan fingerprint density at radius 1 is 0.690 bits per heavy atom. The van der Waals surface area contributed by atoms with Crippen LogP contribution < -0.4 is 4.74 Å². The van der Waals surface area contributed by atoms with Crippen molar-refractivity contribution in [3.8, 4) is 23.0 Å². The van der Waals surface area contributed by atoms with E-state index in [1.54, 1.807) is 36.4 Å². The van der Waals surface area contributed by atoms with Crippen LogP contribution >= 0.6 is 0 Å². The number of fused-ring (bicyclic) bond motifs is 7. The van der Waals surface area contributed by atoms with Gasteiger partial charge in [-0.15, -0.1) is 0 Å². The summed E-state index contributed by atoms with van der Waals surface area (Å²) in [6, 6.07) is 20.9. The number of carbonyl (C=O) groups is 1. The first-order valence-corrected chi connectivity index (χ1v) is 9.18. The smallest absolute Gasteiger partial charge is 0.340 e. The van der Waals surface area contributed by atoms with Gasteiger partial charge in [-0.25, -0.2) is 4.79 Å². The Morgan fingerprint density at radius 2 is 1.45 bits per heavy atom. The zero-order valence-electron chi connectivity index (χ0n) is 15.0. The molecule has 4 aromatic carbocycles. The van der Waals surface area contributed by atoms with Gasteiger partial charge >= 0.3 is 5.97 Å². The summed E-state index contributed by atoms with van der Waals surface area (Å²) in [6.07, 6.45) is 0. The molecule has 140 valence electrons. The third-order valence-electron chi connectivity index (χ3n) is 5.64. The maximum atomic E-state index is 12.8. The molecule has 6 rings (SSSR count). The lowest BCUT2D eigenvalue weighted by Gasteiger charge is -2.36. The molecule has 0 bridgehead atoms. The van der Waals surface area contributed by atoms with E-state index in [1.807, 2.05) is 30.3 Å². The van der Waals surface area contributed by atoms with E-state index < -0.39 is 11.6 Å². The predicted molar refractivity (Wildman–Crippen MR) is 106 cm³/mol. The van der Waals surface area contributed by atoms with Gasteiger partial charge in [0.2, 0.25) is 0 Å². The van der Waals surface area contributed by atoms with Gasteiger partial charge in [-0.05, 0) is 53.2 Å². The Bertz CT molecular complexity index is 1360. The van der Waals surface area contributed by atoms with Crippen molar-refractivity contribution in [3.63, 3.8) is 0 Å². The molecule has 5 heteroatoms. The molecule has 0 aliphatic carbocycles. The highest BCUT2D eigenvalue weighted by molar-refractivity contribution is 5.98. The molecular formula is C24H14O5. The highest BCUT2D eigenvalue weighted by atomic mass is 16.6. The van der Waals surface area contributed by atoms with E-state index >= 15 is 0 Å². The Kier molecular flexibility index (Phi) is 2.92. The van der Waals surface area contributed by atoms with E-state index in [-0.39, 0.29) is 11.5 Å². The Morgan fingerprint density at radius 3 is 2.34 bits per heavy atom. The number of benzene rings is 4. The van der Waals surface area contributed by atoms with Gasteiger partial charge < -0.3 is 19.7 Å². The highest BCUT2D eigenvalue weighted by Gasteiger charge is 2.53. The summed E-state index contributed by atoms with van der Waals surface area (Å²) in [5.74, 6) is 0.725. The Balaban J connectivity index is 1.75. The second-order valence-corrected chi connectivity index (χ2v) is 7.28. The van der Waals surface area contributed by atoms with E-state index in [0.29, 0.717) is 28.2 Å². The van der Waals surface area contributed by atoms with Crippen LogP contribution in [-0.2, 0) is 10.3 Å². The summed E-state index contributed by atoms with van der Waals surface area (Å²) in [5.41, 5.74) is 1.42. The third kappa shape index (κ3) is 2.01. The maximum Gasteiger partial charge on any atom is 0.340 e. The van der Waals surface area contributed by atoms with Crippen LogP contribution in [0.25, 0.3) is 10.8 Å². The van der Waals surface area contributed by atoms with Crippen LogP contribution in [0.1, 0.15) is 27.0 Å². The molecule has 0 aromatic heterocycles. The van der Waals surface area contributed by atoms with E-state index in [1.165, 1.54) is 6.07 Å². The minimum atomic E-state index is -1.17. The number of esters is 1. The van der Waals surface area contributed by atoms with Gasteiger partial charge in [0.25, 0.3) is 0 Å². The number of phenols is 2. The summed E-state index contributed by atoms with van der Waals surface area (Å²) in [6.45, 7) is 0. The van der Waals surface area contributed by atoms with Crippen molar-refractivity contribution in [2.75, 3.05) is 0 Å². The number of aromatic hydroxyl groups is 2. The Hall–Kier alpha value is -3.99. The van der Waals surface area contributed by atoms with Crippen LogP contribution in [0.2, 0.25) is 0 Å². The number of ether oxygens (including phenoxy) is 2. The fraction of sp³-hybridized carbons (Fsp3) is 0.0417. The van der Waals surface area contributed by atoms with E-state index in [4.69, 9.17) is 9.47 Å². The fourth-order valence-electron chi connectivity index (χ4n) is 4.39. The molecule has 29 heavy (non-hydrogen) atoms. The number of phenolic OH excluding ortho intramolecular Hbond substituents is 2. The van der Waals surface area contributed by atoms with Gasteiger partial charge in [-0.1, -0.05) is 24.3 Å². The zero-order valence-corrected chi connectivity index (χ0v) is 15.0. The van der Waals surface area contributed by atoms with E-state index in [0.717, 1.165) is 16.3 Å². The molecular weight excluding hydrogens is 368 g/mol. The molecule has 1 atom stereocenters. The van der Waals surface area contributed by atoms with Crippen molar-refractivity contribution < 1.29 is 24.5 Å². The average Bonchev–Trinajstić information content (AvgIpc) is 3.00. The zero-order chi connectivity index (χ0) is 19.8. The number of hydrogen-bond donors (Lipinski definition) is 2. The van der Waals surface area contributed by atoms with Gasteiger partial charge in [-0.3, -0.25) is 0 Å². The lowest BCUT2D eigenvalue weighted by molar-refractivity contribution is 0.0225. The normalized spacial score (nSPS) is 18.7. The van der Waals surface area contributed by atoms with Crippen LogP contribution in [-0.4, -0.2) is 16.2 Å². The third-order valence-corrected chi connectivity index (χ3v) is 5.64. The standard InChI is InChI=1S/C24H14O5/c25-15-6-5-13-10-20-21(11-14(13)9-15)28-22-12-16(26)7-8-19(22)24(20)18-4-2-1-3-17(18)23(27)29-24/h1-12,25-26H. The highest BCUT2D eigenvalue weighted by Crippen LogP contribution is 2.57. The summed E-state index contributed by atoms with van der Waals surface area (Å²) in [7, 11) is 0. The second kappa shape index (κ2) is 5.29. The number of carbonyl (C=O) groups excluding carboxylic acids is 1.